The van der Waals surface area contributed by atoms with Crippen LogP contribution in [0.2, 0.25) is 0 Å². The van der Waals surface area contributed by atoms with Gasteiger partial charge in [0.25, 0.3) is 0 Å². The van der Waals surface area contributed by atoms with Crippen molar-refractivity contribution in [2.24, 2.45) is 4.99 Å². The summed E-state index contributed by atoms with van der Waals surface area (Å²) in [5.74, 6) is 0. The molecule has 2 heteroatoms. The van der Waals surface area contributed by atoms with Gasteiger partial charge >= 0.3 is 0 Å². The summed E-state index contributed by atoms with van der Waals surface area (Å²) in [5, 5.41) is 8.36. The molecule has 2 rings (SSSR count). The van der Waals surface area contributed by atoms with Crippen LogP contribution in [0.5, 0.6) is 0 Å². The molecule has 0 aliphatic carbocycles. The van der Waals surface area contributed by atoms with E-state index in [1.54, 1.807) is 0 Å². The predicted molar refractivity (Wildman–Crippen MR) is 77.5 cm³/mol. The Hall–Kier alpha value is -2.22. The van der Waals surface area contributed by atoms with Crippen LogP contribution >= 0.6 is 0 Å². The first-order chi connectivity index (χ1) is 8.63. The summed E-state index contributed by atoms with van der Waals surface area (Å²) in [6, 6.07) is 13.8. The molecule has 0 bridgehead atoms. The molecule has 0 amide bonds. The van der Waals surface area contributed by atoms with Gasteiger partial charge in [0.05, 0.1) is 11.4 Å². The van der Waals surface area contributed by atoms with Crippen LogP contribution < -0.4 is 0 Å². The fourth-order valence-electron chi connectivity index (χ4n) is 1.99. The third-order valence-corrected chi connectivity index (χ3v) is 3.01. The quantitative estimate of drug-likeness (QED) is 0.780. The molecule has 0 spiro atoms. The van der Waals surface area contributed by atoms with Gasteiger partial charge in [-0.25, -0.2) is 0 Å². The molecule has 0 aliphatic rings. The van der Waals surface area contributed by atoms with Gasteiger partial charge < -0.3 is 0 Å². The first kappa shape index (κ1) is 12.2. The molecule has 0 unspecified atom stereocenters. The summed E-state index contributed by atoms with van der Waals surface area (Å²) in [7, 11) is 0. The Morgan fingerprint density at radius 2 is 1.78 bits per heavy atom. The lowest BCUT2D eigenvalue weighted by Crippen LogP contribution is -2.04. The molecule has 1 N–H and O–H groups in total. The topological polar surface area (TPSA) is 36.2 Å². The smallest absolute Gasteiger partial charge is 0.0716 e. The highest BCUT2D eigenvalue weighted by Crippen LogP contribution is 2.24. The highest BCUT2D eigenvalue weighted by Gasteiger charge is 2.11. The van der Waals surface area contributed by atoms with Gasteiger partial charge in [-0.15, -0.1) is 0 Å². The number of hydrogen-bond acceptors (Lipinski definition) is 2. The predicted octanol–water partition coefficient (Wildman–Crippen LogP) is 4.05. The van der Waals surface area contributed by atoms with Crippen molar-refractivity contribution in [3.8, 4) is 0 Å². The third kappa shape index (κ3) is 2.23. The van der Waals surface area contributed by atoms with Crippen LogP contribution in [0.25, 0.3) is 0 Å². The van der Waals surface area contributed by atoms with Crippen molar-refractivity contribution in [1.29, 1.82) is 5.41 Å². The first-order valence-electron chi connectivity index (χ1n) is 5.86. The van der Waals surface area contributed by atoms with Crippen molar-refractivity contribution >= 4 is 18.1 Å². The molecule has 90 valence electrons. The average Bonchev–Trinajstić information content (AvgIpc) is 2.38. The summed E-state index contributed by atoms with van der Waals surface area (Å²) in [5.41, 5.74) is 5.25. The highest BCUT2D eigenvalue weighted by atomic mass is 14.7. The van der Waals surface area contributed by atoms with Gasteiger partial charge in [0, 0.05) is 11.1 Å². The minimum atomic E-state index is 0.499. The van der Waals surface area contributed by atoms with Crippen LogP contribution in [-0.2, 0) is 0 Å². The Morgan fingerprint density at radius 1 is 1.06 bits per heavy atom. The molecule has 0 saturated heterocycles. The number of hydrogen-bond donors (Lipinski definition) is 1. The number of aliphatic imine (C=N–C) groups is 1. The zero-order chi connectivity index (χ0) is 13.1. The minimum absolute atomic E-state index is 0.499. The van der Waals surface area contributed by atoms with Crippen LogP contribution in [0, 0.1) is 19.3 Å². The number of rotatable bonds is 3. The van der Waals surface area contributed by atoms with E-state index in [1.807, 2.05) is 56.3 Å². The molecule has 2 aromatic carbocycles. The van der Waals surface area contributed by atoms with Gasteiger partial charge in [-0.3, -0.25) is 10.4 Å². The van der Waals surface area contributed by atoms with E-state index >= 15 is 0 Å². The van der Waals surface area contributed by atoms with Crippen molar-refractivity contribution in [3.63, 3.8) is 0 Å². The van der Waals surface area contributed by atoms with Gasteiger partial charge in [-0.1, -0.05) is 35.9 Å². The average molecular weight is 236 g/mol. The molecule has 0 saturated carbocycles. The van der Waals surface area contributed by atoms with Gasteiger partial charge in [-0.05, 0) is 38.3 Å². The normalized spacial score (nSPS) is 10.1. The number of benzene rings is 2. The van der Waals surface area contributed by atoms with Crippen molar-refractivity contribution in [2.45, 2.75) is 13.8 Å². The minimum Gasteiger partial charge on any atom is -0.300 e. The van der Waals surface area contributed by atoms with Crippen molar-refractivity contribution < 1.29 is 0 Å². The Kier molecular flexibility index (Phi) is 3.38. The molecule has 0 aliphatic heterocycles. The molecule has 0 heterocycles. The lowest BCUT2D eigenvalue weighted by atomic mass is 9.96. The van der Waals surface area contributed by atoms with E-state index in [0.29, 0.717) is 5.71 Å². The molecular weight excluding hydrogens is 220 g/mol. The molecule has 2 aromatic rings. The van der Waals surface area contributed by atoms with E-state index in [4.69, 9.17) is 5.41 Å². The van der Waals surface area contributed by atoms with Crippen molar-refractivity contribution in [1.82, 2.24) is 0 Å². The Morgan fingerprint density at radius 3 is 2.44 bits per heavy atom. The molecule has 0 aromatic heterocycles. The first-order valence-corrected chi connectivity index (χ1v) is 5.86. The summed E-state index contributed by atoms with van der Waals surface area (Å²) in [6.45, 7) is 7.60. The van der Waals surface area contributed by atoms with Gasteiger partial charge in [0.1, 0.15) is 0 Å². The van der Waals surface area contributed by atoms with Crippen molar-refractivity contribution in [2.75, 3.05) is 0 Å². The summed E-state index contributed by atoms with van der Waals surface area (Å²) >= 11 is 0. The fraction of sp³-hybridized carbons (Fsp3) is 0.125. The van der Waals surface area contributed by atoms with E-state index in [0.717, 1.165) is 27.9 Å². The van der Waals surface area contributed by atoms with E-state index in [1.165, 1.54) is 0 Å². The van der Waals surface area contributed by atoms with Crippen LogP contribution in [0.4, 0.5) is 5.69 Å². The molecular formula is C16H16N2. The van der Waals surface area contributed by atoms with Crippen molar-refractivity contribution in [3.05, 3.63) is 64.7 Å². The summed E-state index contributed by atoms with van der Waals surface area (Å²) in [4.78, 5) is 4.00. The van der Waals surface area contributed by atoms with E-state index in [-0.39, 0.29) is 0 Å². The lowest BCUT2D eigenvalue weighted by molar-refractivity contribution is 1.36. The molecule has 0 radical (unpaired) electrons. The standard InChI is InChI=1S/C16H16N2/c1-11-8-9-15(18-3)14(10-11)16(17)13-7-5-4-6-12(13)2/h4-10,17H,3H2,1-2H3. The maximum Gasteiger partial charge on any atom is 0.0716 e. The maximum atomic E-state index is 8.36. The third-order valence-electron chi connectivity index (χ3n) is 3.01. The summed E-state index contributed by atoms with van der Waals surface area (Å²) < 4.78 is 0. The van der Waals surface area contributed by atoms with Crippen LogP contribution in [0.15, 0.2) is 47.5 Å². The number of nitrogens with zero attached hydrogens (tertiary/aromatic N) is 1. The second kappa shape index (κ2) is 4.96. The van der Waals surface area contributed by atoms with Crippen LogP contribution in [0.1, 0.15) is 22.3 Å². The molecule has 2 nitrogen and oxygen atoms in total. The molecule has 18 heavy (non-hydrogen) atoms. The SMILES string of the molecule is C=Nc1ccc(C)cc1C(=N)c1ccccc1C. The Balaban J connectivity index is 2.56. The van der Waals surface area contributed by atoms with Crippen LogP contribution in [0.3, 0.4) is 0 Å². The molecule has 0 atom stereocenters. The van der Waals surface area contributed by atoms with Gasteiger partial charge in [0.2, 0.25) is 0 Å². The largest absolute Gasteiger partial charge is 0.300 e. The zero-order valence-corrected chi connectivity index (χ0v) is 10.7. The molecule has 0 fully saturated rings. The lowest BCUT2D eigenvalue weighted by Gasteiger charge is -2.11. The second-order valence-corrected chi connectivity index (χ2v) is 4.37. The highest BCUT2D eigenvalue weighted by molar-refractivity contribution is 6.14. The van der Waals surface area contributed by atoms with E-state index in [2.05, 4.69) is 11.7 Å². The zero-order valence-electron chi connectivity index (χ0n) is 10.7. The van der Waals surface area contributed by atoms with E-state index in [9.17, 15) is 0 Å². The Labute approximate surface area is 108 Å². The van der Waals surface area contributed by atoms with Gasteiger partial charge in [-0.2, -0.15) is 0 Å². The fourth-order valence-corrected chi connectivity index (χ4v) is 1.99. The Bertz CT molecular complexity index is 612. The van der Waals surface area contributed by atoms with Crippen LogP contribution in [-0.4, -0.2) is 12.4 Å². The van der Waals surface area contributed by atoms with E-state index < -0.39 is 0 Å². The second-order valence-electron chi connectivity index (χ2n) is 4.37. The number of nitrogens with one attached hydrogen (secondary N) is 1. The number of aryl methyl sites for hydroxylation is 2. The maximum absolute atomic E-state index is 8.36. The summed E-state index contributed by atoms with van der Waals surface area (Å²) in [6.07, 6.45) is 0. The van der Waals surface area contributed by atoms with Gasteiger partial charge in [0.15, 0.2) is 0 Å². The monoisotopic (exact) mass is 236 g/mol.